The highest BCUT2D eigenvalue weighted by Gasteiger charge is 2.25. The molecule has 1 saturated heterocycles. The Balaban J connectivity index is 0.00000306. The third kappa shape index (κ3) is 7.20. The van der Waals surface area contributed by atoms with Crippen LogP contribution in [-0.4, -0.2) is 53.9 Å². The van der Waals surface area contributed by atoms with E-state index in [9.17, 15) is 0 Å². The summed E-state index contributed by atoms with van der Waals surface area (Å²) in [7, 11) is 3.75. The van der Waals surface area contributed by atoms with E-state index in [-0.39, 0.29) is 30.1 Å². The number of nitrogens with zero attached hydrogens (tertiary/aromatic N) is 4. The Morgan fingerprint density at radius 1 is 1.15 bits per heavy atom. The lowest BCUT2D eigenvalue weighted by molar-refractivity contribution is -0.00800. The van der Waals surface area contributed by atoms with E-state index in [1.54, 1.807) is 0 Å². The first kappa shape index (κ1) is 25.0. The SMILES string of the molecule is CN=C(NCCc1ccc(OCc2ccccc2)cc1)N1CCOC(c2cnn(C)c2)C1.I. The second-order valence-corrected chi connectivity index (χ2v) is 7.90. The lowest BCUT2D eigenvalue weighted by Gasteiger charge is -2.34. The Labute approximate surface area is 212 Å². The summed E-state index contributed by atoms with van der Waals surface area (Å²) in [5.41, 5.74) is 3.53. The Bertz CT molecular complexity index is 1010. The number of nitrogens with one attached hydrogen (secondary N) is 1. The fourth-order valence-electron chi connectivity index (χ4n) is 3.79. The molecule has 33 heavy (non-hydrogen) atoms. The van der Waals surface area contributed by atoms with Gasteiger partial charge in [0.15, 0.2) is 5.96 Å². The van der Waals surface area contributed by atoms with E-state index < -0.39 is 0 Å². The van der Waals surface area contributed by atoms with E-state index in [1.807, 2.05) is 61.5 Å². The third-order valence-electron chi connectivity index (χ3n) is 5.54. The zero-order valence-electron chi connectivity index (χ0n) is 19.2. The van der Waals surface area contributed by atoms with Crippen molar-refractivity contribution in [2.45, 2.75) is 19.1 Å². The van der Waals surface area contributed by atoms with Gasteiger partial charge >= 0.3 is 0 Å². The molecule has 176 valence electrons. The van der Waals surface area contributed by atoms with Crippen LogP contribution in [-0.2, 0) is 24.8 Å². The van der Waals surface area contributed by atoms with Crippen LogP contribution in [0.25, 0.3) is 0 Å². The number of aryl methyl sites for hydroxylation is 1. The fraction of sp³-hybridized carbons (Fsp3) is 0.360. The molecular formula is C25H32IN5O2. The minimum absolute atomic E-state index is 0. The molecule has 1 aromatic heterocycles. The zero-order valence-corrected chi connectivity index (χ0v) is 21.5. The van der Waals surface area contributed by atoms with Gasteiger partial charge in [0, 0.05) is 38.9 Å². The van der Waals surface area contributed by atoms with Gasteiger partial charge < -0.3 is 19.7 Å². The molecule has 2 heterocycles. The van der Waals surface area contributed by atoms with Gasteiger partial charge in [0.05, 0.1) is 19.3 Å². The van der Waals surface area contributed by atoms with Crippen LogP contribution in [0.3, 0.4) is 0 Å². The fourth-order valence-corrected chi connectivity index (χ4v) is 3.79. The minimum atomic E-state index is 0. The van der Waals surface area contributed by atoms with Crippen LogP contribution >= 0.6 is 24.0 Å². The molecule has 4 rings (SSSR count). The number of guanidine groups is 1. The third-order valence-corrected chi connectivity index (χ3v) is 5.54. The van der Waals surface area contributed by atoms with Crippen molar-refractivity contribution in [3.8, 4) is 5.75 Å². The Hall–Kier alpha value is -2.59. The van der Waals surface area contributed by atoms with E-state index in [1.165, 1.54) is 11.1 Å². The molecule has 0 spiro atoms. The number of halogens is 1. The highest BCUT2D eigenvalue weighted by molar-refractivity contribution is 14.0. The van der Waals surface area contributed by atoms with Crippen molar-refractivity contribution in [2.75, 3.05) is 33.3 Å². The molecule has 0 saturated carbocycles. The van der Waals surface area contributed by atoms with E-state index in [0.717, 1.165) is 43.3 Å². The predicted octanol–water partition coefficient (Wildman–Crippen LogP) is 3.81. The predicted molar refractivity (Wildman–Crippen MR) is 141 cm³/mol. The lowest BCUT2D eigenvalue weighted by Crippen LogP contribution is -2.48. The van der Waals surface area contributed by atoms with Gasteiger partial charge in [-0.05, 0) is 29.7 Å². The minimum Gasteiger partial charge on any atom is -0.489 e. The standard InChI is InChI=1S/C25H31N5O2.HI/c1-26-25(30-14-15-31-24(18-30)22-16-28-29(2)17-22)27-13-12-20-8-10-23(11-9-20)32-19-21-6-4-3-5-7-21;/h3-11,16-17,24H,12-15,18-19H2,1-2H3,(H,26,27);1H. The second kappa shape index (κ2) is 12.6. The molecule has 1 atom stereocenters. The average molecular weight is 561 g/mol. The highest BCUT2D eigenvalue weighted by atomic mass is 127. The normalized spacial score (nSPS) is 16.2. The van der Waals surface area contributed by atoms with Crippen molar-refractivity contribution < 1.29 is 9.47 Å². The molecule has 3 aromatic rings. The molecule has 0 bridgehead atoms. The largest absolute Gasteiger partial charge is 0.489 e. The van der Waals surface area contributed by atoms with Crippen molar-refractivity contribution in [3.05, 3.63) is 83.7 Å². The van der Waals surface area contributed by atoms with Crippen LogP contribution in [0.15, 0.2) is 72.0 Å². The summed E-state index contributed by atoms with van der Waals surface area (Å²) in [5.74, 6) is 1.79. The number of morpholine rings is 1. The topological polar surface area (TPSA) is 63.9 Å². The first-order chi connectivity index (χ1) is 15.7. The van der Waals surface area contributed by atoms with Crippen LogP contribution < -0.4 is 10.1 Å². The Kier molecular flexibility index (Phi) is 9.56. The lowest BCUT2D eigenvalue weighted by atomic mass is 10.1. The zero-order chi connectivity index (χ0) is 22.2. The monoisotopic (exact) mass is 561 g/mol. The molecule has 2 aromatic carbocycles. The molecule has 1 N–H and O–H groups in total. The van der Waals surface area contributed by atoms with Crippen molar-refractivity contribution in [1.82, 2.24) is 20.0 Å². The number of ether oxygens (including phenoxy) is 2. The first-order valence-corrected chi connectivity index (χ1v) is 11.0. The Morgan fingerprint density at radius 2 is 1.94 bits per heavy atom. The maximum absolute atomic E-state index is 5.95. The molecule has 1 aliphatic rings. The van der Waals surface area contributed by atoms with Gasteiger partial charge in [0.2, 0.25) is 0 Å². The van der Waals surface area contributed by atoms with Gasteiger partial charge in [-0.15, -0.1) is 24.0 Å². The van der Waals surface area contributed by atoms with Crippen molar-refractivity contribution in [2.24, 2.45) is 12.0 Å². The summed E-state index contributed by atoms with van der Waals surface area (Å²) in [4.78, 5) is 6.73. The molecular weight excluding hydrogens is 529 g/mol. The molecule has 7 nitrogen and oxygen atoms in total. The maximum Gasteiger partial charge on any atom is 0.193 e. The van der Waals surface area contributed by atoms with Crippen LogP contribution in [0.2, 0.25) is 0 Å². The van der Waals surface area contributed by atoms with E-state index in [0.29, 0.717) is 13.2 Å². The molecule has 1 unspecified atom stereocenters. The van der Waals surface area contributed by atoms with Crippen molar-refractivity contribution in [3.63, 3.8) is 0 Å². The van der Waals surface area contributed by atoms with Gasteiger partial charge in [0.1, 0.15) is 18.5 Å². The molecule has 1 fully saturated rings. The van der Waals surface area contributed by atoms with Gasteiger partial charge in [-0.1, -0.05) is 42.5 Å². The number of aromatic nitrogens is 2. The van der Waals surface area contributed by atoms with E-state index in [2.05, 4.69) is 44.6 Å². The van der Waals surface area contributed by atoms with Crippen molar-refractivity contribution in [1.29, 1.82) is 0 Å². The number of rotatable bonds is 7. The van der Waals surface area contributed by atoms with Crippen molar-refractivity contribution >= 4 is 29.9 Å². The molecule has 0 radical (unpaired) electrons. The first-order valence-electron chi connectivity index (χ1n) is 11.0. The highest BCUT2D eigenvalue weighted by Crippen LogP contribution is 2.21. The van der Waals surface area contributed by atoms with Crippen LogP contribution in [0, 0.1) is 0 Å². The van der Waals surface area contributed by atoms with Gasteiger partial charge in [-0.25, -0.2) is 0 Å². The summed E-state index contributed by atoms with van der Waals surface area (Å²) >= 11 is 0. The summed E-state index contributed by atoms with van der Waals surface area (Å²) < 4.78 is 13.6. The van der Waals surface area contributed by atoms with Crippen LogP contribution in [0.4, 0.5) is 0 Å². The average Bonchev–Trinajstić information content (AvgIpc) is 3.28. The molecule has 8 heteroatoms. The van der Waals surface area contributed by atoms with Crippen LogP contribution in [0.5, 0.6) is 5.75 Å². The number of hydrogen-bond donors (Lipinski definition) is 1. The quantitative estimate of drug-likeness (QED) is 0.270. The number of benzene rings is 2. The number of hydrogen-bond acceptors (Lipinski definition) is 4. The molecule has 1 aliphatic heterocycles. The summed E-state index contributed by atoms with van der Waals surface area (Å²) in [5, 5.41) is 7.76. The van der Waals surface area contributed by atoms with E-state index >= 15 is 0 Å². The second-order valence-electron chi connectivity index (χ2n) is 7.90. The summed E-state index contributed by atoms with van der Waals surface area (Å²) in [6, 6.07) is 18.5. The number of aliphatic imine (C=N–C) groups is 1. The smallest absolute Gasteiger partial charge is 0.193 e. The van der Waals surface area contributed by atoms with Gasteiger partial charge in [-0.2, -0.15) is 5.10 Å². The molecule has 0 aliphatic carbocycles. The van der Waals surface area contributed by atoms with Crippen LogP contribution in [0.1, 0.15) is 22.8 Å². The van der Waals surface area contributed by atoms with E-state index in [4.69, 9.17) is 9.47 Å². The Morgan fingerprint density at radius 3 is 2.64 bits per heavy atom. The summed E-state index contributed by atoms with van der Waals surface area (Å²) in [6.07, 6.45) is 4.81. The maximum atomic E-state index is 5.95. The summed E-state index contributed by atoms with van der Waals surface area (Å²) in [6.45, 7) is 3.65. The van der Waals surface area contributed by atoms with Gasteiger partial charge in [-0.3, -0.25) is 9.67 Å². The van der Waals surface area contributed by atoms with Gasteiger partial charge in [0.25, 0.3) is 0 Å². The molecule has 0 amide bonds.